The fourth-order valence-electron chi connectivity index (χ4n) is 3.90. The molecule has 0 aliphatic carbocycles. The lowest BCUT2D eigenvalue weighted by atomic mass is 9.88. The minimum atomic E-state index is -8.90. The van der Waals surface area contributed by atoms with Gasteiger partial charge < -0.3 is 3.87 Å². The van der Waals surface area contributed by atoms with Crippen LogP contribution in [-0.4, -0.2) is 88.4 Å². The van der Waals surface area contributed by atoms with Crippen LogP contribution in [0.1, 0.15) is 34.6 Å². The summed E-state index contributed by atoms with van der Waals surface area (Å²) in [5.74, 6) is -59.0. The first kappa shape index (κ1) is 50.5. The number of alkyl halides is 23. The van der Waals surface area contributed by atoms with Gasteiger partial charge in [0.1, 0.15) is 0 Å². The molecule has 6 nitrogen and oxygen atoms in total. The first-order valence-electron chi connectivity index (χ1n) is 11.8. The fraction of sp³-hybridized carbons (Fsp3) is 1.00. The molecule has 0 heterocycles. The SMILES string of the molecule is CC(C)[Si](OS(=O)(=O)C(F)(F)F)(C(C)C)C(C)C(F)(F)C(F)(F)C(F)(F)C(F)(F)C(F)(F)C(F)(F)C(F)(F)C(F)(F)F.O=S(=O)(O)C(F)(F)F. The van der Waals surface area contributed by atoms with E-state index in [1.54, 1.807) is 0 Å². The van der Waals surface area contributed by atoms with Crippen molar-refractivity contribution in [3.05, 3.63) is 0 Å². The number of halogens is 23. The van der Waals surface area contributed by atoms with Crippen LogP contribution in [0.3, 0.4) is 0 Å². The normalized spacial score (nSPS) is 16.8. The van der Waals surface area contributed by atoms with Crippen molar-refractivity contribution in [1.29, 1.82) is 0 Å². The number of hydrogen-bond donors (Lipinski definition) is 1. The maximum Gasteiger partial charge on any atom is 0.522 e. The third kappa shape index (κ3) is 8.00. The summed E-state index contributed by atoms with van der Waals surface area (Å²) in [7, 11) is -19.0. The zero-order valence-electron chi connectivity index (χ0n) is 24.2. The van der Waals surface area contributed by atoms with Gasteiger partial charge >= 0.3 is 78.9 Å². The molecule has 0 radical (unpaired) electrons. The van der Waals surface area contributed by atoms with Crippen LogP contribution >= 0.6 is 0 Å². The molecule has 0 spiro atoms. The highest BCUT2D eigenvalue weighted by atomic mass is 32.2. The predicted molar refractivity (Wildman–Crippen MR) is 120 cm³/mol. The molecule has 0 aromatic heterocycles. The van der Waals surface area contributed by atoms with Gasteiger partial charge in [0.15, 0.2) is 0 Å². The Balaban J connectivity index is 0. The lowest BCUT2D eigenvalue weighted by Crippen LogP contribution is -2.75. The Morgan fingerprint density at radius 1 is 0.460 bits per heavy atom. The van der Waals surface area contributed by atoms with Crippen LogP contribution in [0.2, 0.25) is 16.6 Å². The van der Waals surface area contributed by atoms with Gasteiger partial charge in [-0.3, -0.25) is 4.55 Å². The van der Waals surface area contributed by atoms with Gasteiger partial charge in [0.25, 0.3) is 0 Å². The van der Waals surface area contributed by atoms with E-state index >= 15 is 0 Å². The molecule has 1 unspecified atom stereocenters. The molecular formula is C18H19F23O6S2Si. The van der Waals surface area contributed by atoms with Gasteiger partial charge in [0, 0.05) is 5.54 Å². The standard InChI is InChI=1S/C17H18F20O3SSi.CHF3O3S/c1-6(2)42(7(3)4,40-41(38,39)17(35,36)37)8(5)9(18,19)10(20,21)11(22,23)12(24,25)13(26,27)14(28,29)15(30,31)16(32,33)34;2-1(3,4)8(5,6)7/h6-8H,1-5H3;(H,5,6,7). The van der Waals surface area contributed by atoms with E-state index in [0.717, 1.165) is 0 Å². The first-order chi connectivity index (χ1) is 21.0. The topological polar surface area (TPSA) is 97.7 Å². The van der Waals surface area contributed by atoms with Crippen LogP contribution in [0.5, 0.6) is 0 Å². The molecule has 0 saturated heterocycles. The molecule has 50 heavy (non-hydrogen) atoms. The molecule has 0 amide bonds. The van der Waals surface area contributed by atoms with Crippen molar-refractivity contribution in [3.63, 3.8) is 0 Å². The van der Waals surface area contributed by atoms with E-state index in [1.165, 1.54) is 0 Å². The van der Waals surface area contributed by atoms with E-state index in [9.17, 15) is 109 Å². The van der Waals surface area contributed by atoms with Crippen molar-refractivity contribution in [2.75, 3.05) is 0 Å². The highest BCUT2D eigenvalue weighted by molar-refractivity contribution is 7.88. The van der Waals surface area contributed by atoms with Gasteiger partial charge in [-0.1, -0.05) is 34.6 Å². The lowest BCUT2D eigenvalue weighted by molar-refractivity contribution is -0.461. The van der Waals surface area contributed by atoms with Crippen LogP contribution in [0.15, 0.2) is 0 Å². The molecule has 0 aromatic rings. The van der Waals surface area contributed by atoms with E-state index in [0.29, 0.717) is 27.7 Å². The second-order valence-corrected chi connectivity index (χ2v) is 18.7. The van der Waals surface area contributed by atoms with Crippen molar-refractivity contribution in [2.24, 2.45) is 0 Å². The minimum absolute atomic E-state index is 0.467. The predicted octanol–water partition coefficient (Wildman–Crippen LogP) is 9.41. The monoisotopic (exact) mass is 860 g/mol. The summed E-state index contributed by atoms with van der Waals surface area (Å²) in [5, 5.41) is 0. The summed E-state index contributed by atoms with van der Waals surface area (Å²) in [6.45, 7) is 1.55. The second kappa shape index (κ2) is 13.7. The van der Waals surface area contributed by atoms with Gasteiger partial charge in [0.05, 0.1) is 0 Å². The summed E-state index contributed by atoms with van der Waals surface area (Å²) in [5.41, 5.74) is -20.3. The van der Waals surface area contributed by atoms with Crippen molar-refractivity contribution in [2.45, 2.75) is 110 Å². The third-order valence-corrected chi connectivity index (χ3v) is 15.1. The zero-order valence-corrected chi connectivity index (χ0v) is 26.9. The summed E-state index contributed by atoms with van der Waals surface area (Å²) in [4.78, 5) is 0. The first-order valence-corrected chi connectivity index (χ1v) is 16.8. The van der Waals surface area contributed by atoms with E-state index in [1.807, 2.05) is 0 Å². The lowest BCUT2D eigenvalue weighted by Gasteiger charge is -2.48. The van der Waals surface area contributed by atoms with Crippen molar-refractivity contribution in [3.8, 4) is 0 Å². The molecule has 0 bridgehead atoms. The Hall–Kier alpha value is -1.57. The maximum absolute atomic E-state index is 15.0. The van der Waals surface area contributed by atoms with Crippen LogP contribution in [0.4, 0.5) is 101 Å². The summed E-state index contributed by atoms with van der Waals surface area (Å²) in [6, 6.07) is 0. The molecule has 0 rings (SSSR count). The average molecular weight is 861 g/mol. The fourth-order valence-corrected chi connectivity index (χ4v) is 12.0. The van der Waals surface area contributed by atoms with Crippen molar-refractivity contribution < 1.29 is 126 Å². The number of rotatable bonds is 12. The van der Waals surface area contributed by atoms with E-state index < -0.39 is 111 Å². The van der Waals surface area contributed by atoms with Crippen molar-refractivity contribution in [1.82, 2.24) is 0 Å². The Kier molecular flexibility index (Phi) is 13.8. The Morgan fingerprint density at radius 2 is 0.700 bits per heavy atom. The quantitative estimate of drug-likeness (QED) is 0.0910. The van der Waals surface area contributed by atoms with Crippen molar-refractivity contribution >= 4 is 28.6 Å². The van der Waals surface area contributed by atoms with Gasteiger partial charge in [0.2, 0.25) is 8.32 Å². The Morgan fingerprint density at radius 3 is 0.900 bits per heavy atom. The summed E-state index contributed by atoms with van der Waals surface area (Å²) < 4.78 is 355. The van der Waals surface area contributed by atoms with E-state index in [4.69, 9.17) is 13.0 Å². The van der Waals surface area contributed by atoms with Gasteiger partial charge in [-0.25, -0.2) is 0 Å². The molecule has 304 valence electrons. The summed E-state index contributed by atoms with van der Waals surface area (Å²) >= 11 is 0. The number of hydrogen-bond acceptors (Lipinski definition) is 5. The highest BCUT2D eigenvalue weighted by Gasteiger charge is 2.95. The zero-order chi connectivity index (χ0) is 41.9. The van der Waals surface area contributed by atoms with Gasteiger partial charge in [-0.2, -0.15) is 118 Å². The van der Waals surface area contributed by atoms with E-state index in [-0.39, 0.29) is 0 Å². The van der Waals surface area contributed by atoms with Crippen LogP contribution in [0, 0.1) is 0 Å². The van der Waals surface area contributed by atoms with Crippen LogP contribution in [-0.2, 0) is 24.1 Å². The second-order valence-electron chi connectivity index (χ2n) is 10.4. The Bertz CT molecular complexity index is 1390. The molecule has 0 fully saturated rings. The molecule has 0 aliphatic heterocycles. The third-order valence-electron chi connectivity index (χ3n) is 6.60. The average Bonchev–Trinajstić information content (AvgIpc) is 2.83. The van der Waals surface area contributed by atoms with Crippen LogP contribution in [0.25, 0.3) is 0 Å². The summed E-state index contributed by atoms with van der Waals surface area (Å²) in [6.07, 6.45) is -7.94. The van der Waals surface area contributed by atoms with E-state index in [2.05, 4.69) is 3.87 Å². The molecule has 0 saturated carbocycles. The molecule has 32 heteroatoms. The Labute approximate surface area is 265 Å². The van der Waals surface area contributed by atoms with Gasteiger partial charge in [-0.05, 0) is 11.1 Å². The molecule has 0 aliphatic rings. The molecular weight excluding hydrogens is 841 g/mol. The van der Waals surface area contributed by atoms with Crippen LogP contribution < -0.4 is 0 Å². The minimum Gasteiger partial charge on any atom is -0.307 e. The molecule has 1 atom stereocenters. The maximum atomic E-state index is 15.0. The largest absolute Gasteiger partial charge is 0.522 e. The molecule has 0 aromatic carbocycles. The molecule has 1 N–H and O–H groups in total. The highest BCUT2D eigenvalue weighted by Crippen LogP contribution is 2.66. The smallest absolute Gasteiger partial charge is 0.307 e. The van der Waals surface area contributed by atoms with Gasteiger partial charge in [-0.15, -0.1) is 0 Å².